The van der Waals surface area contributed by atoms with Crippen LogP contribution in [0.4, 0.5) is 0 Å². The van der Waals surface area contributed by atoms with E-state index in [0.717, 1.165) is 12.3 Å². The molecule has 5 atom stereocenters. The van der Waals surface area contributed by atoms with Crippen LogP contribution < -0.4 is 0 Å². The molecular formula is C16H28O4. The Labute approximate surface area is 122 Å². The van der Waals surface area contributed by atoms with Crippen LogP contribution in [0.2, 0.25) is 0 Å². The fourth-order valence-corrected chi connectivity index (χ4v) is 3.16. The molecule has 2 unspecified atom stereocenters. The smallest absolute Gasteiger partial charge is 0.210 e. The van der Waals surface area contributed by atoms with E-state index in [-0.39, 0.29) is 18.5 Å². The second kappa shape index (κ2) is 7.55. The molecule has 0 radical (unpaired) electrons. The van der Waals surface area contributed by atoms with Gasteiger partial charge in [-0.25, -0.2) is 4.89 Å². The molecule has 0 aromatic rings. The predicted molar refractivity (Wildman–Crippen MR) is 77.0 cm³/mol. The van der Waals surface area contributed by atoms with E-state index in [4.69, 9.17) is 19.2 Å². The van der Waals surface area contributed by atoms with Gasteiger partial charge in [0, 0.05) is 7.11 Å². The van der Waals surface area contributed by atoms with Crippen molar-refractivity contribution in [1.82, 2.24) is 0 Å². The summed E-state index contributed by atoms with van der Waals surface area (Å²) in [4.78, 5) is 10.6. The zero-order valence-corrected chi connectivity index (χ0v) is 13.1. The fraction of sp³-hybridized carbons (Fsp3) is 0.875. The molecule has 2 aliphatic rings. The van der Waals surface area contributed by atoms with Gasteiger partial charge in [0.1, 0.15) is 6.10 Å². The Kier molecular flexibility index (Phi) is 6.02. The summed E-state index contributed by atoms with van der Waals surface area (Å²) in [6, 6.07) is 0. The molecule has 20 heavy (non-hydrogen) atoms. The van der Waals surface area contributed by atoms with Crippen LogP contribution in [0, 0.1) is 17.8 Å². The summed E-state index contributed by atoms with van der Waals surface area (Å²) >= 11 is 0. The van der Waals surface area contributed by atoms with Gasteiger partial charge in [-0.05, 0) is 42.7 Å². The van der Waals surface area contributed by atoms with Crippen molar-refractivity contribution in [2.45, 2.75) is 58.5 Å². The number of rotatable bonds is 5. The largest absolute Gasteiger partial charge is 0.382 e. The minimum Gasteiger partial charge on any atom is -0.382 e. The first-order valence-corrected chi connectivity index (χ1v) is 7.75. The summed E-state index contributed by atoms with van der Waals surface area (Å²) in [5.74, 6) is 1.98. The van der Waals surface area contributed by atoms with E-state index in [1.54, 1.807) is 7.11 Å². The third-order valence-corrected chi connectivity index (χ3v) is 4.36. The first kappa shape index (κ1) is 16.0. The maximum absolute atomic E-state index is 6.13. The molecule has 1 saturated carbocycles. The van der Waals surface area contributed by atoms with Crippen molar-refractivity contribution in [1.29, 1.82) is 0 Å². The van der Waals surface area contributed by atoms with Gasteiger partial charge in [0.05, 0.1) is 12.7 Å². The van der Waals surface area contributed by atoms with Crippen molar-refractivity contribution in [3.63, 3.8) is 0 Å². The Morgan fingerprint density at radius 2 is 2.00 bits per heavy atom. The lowest BCUT2D eigenvalue weighted by Crippen LogP contribution is -2.38. The summed E-state index contributed by atoms with van der Waals surface area (Å²) in [6.45, 7) is 7.35. The third-order valence-electron chi connectivity index (χ3n) is 4.36. The molecule has 0 N–H and O–H groups in total. The zero-order chi connectivity index (χ0) is 14.5. The molecule has 0 bridgehead atoms. The van der Waals surface area contributed by atoms with Gasteiger partial charge in [-0.3, -0.25) is 0 Å². The Morgan fingerprint density at radius 3 is 2.60 bits per heavy atom. The normalized spacial score (nSPS) is 38.4. The van der Waals surface area contributed by atoms with Gasteiger partial charge < -0.3 is 9.47 Å². The monoisotopic (exact) mass is 284 g/mol. The summed E-state index contributed by atoms with van der Waals surface area (Å²) in [5.41, 5.74) is 0. The standard InChI is InChI=1S/C16H28O4/c1-11(2)14-7-5-12(3)9-15(14)18-16-8-6-13(10-17-4)19-20-16/h6,8,11-16H,5,7,9-10H2,1-4H3/t12-,13?,14+,15-,16?/m1/s1. The Balaban J connectivity index is 1.89. The topological polar surface area (TPSA) is 36.9 Å². The Morgan fingerprint density at radius 1 is 1.20 bits per heavy atom. The van der Waals surface area contributed by atoms with Gasteiger partial charge in [-0.15, -0.1) is 0 Å². The lowest BCUT2D eigenvalue weighted by atomic mass is 9.75. The maximum atomic E-state index is 6.13. The molecule has 0 amide bonds. The van der Waals surface area contributed by atoms with Gasteiger partial charge >= 0.3 is 0 Å². The highest BCUT2D eigenvalue weighted by Crippen LogP contribution is 2.36. The summed E-state index contributed by atoms with van der Waals surface area (Å²) in [7, 11) is 1.65. The van der Waals surface area contributed by atoms with Crippen molar-refractivity contribution in [3.05, 3.63) is 12.2 Å². The van der Waals surface area contributed by atoms with Crippen molar-refractivity contribution >= 4 is 0 Å². The molecule has 0 aromatic carbocycles. The first-order chi connectivity index (χ1) is 9.60. The Bertz CT molecular complexity index is 316. The second-order valence-corrected chi connectivity index (χ2v) is 6.44. The molecule has 116 valence electrons. The highest BCUT2D eigenvalue weighted by Gasteiger charge is 2.33. The van der Waals surface area contributed by atoms with E-state index in [0.29, 0.717) is 18.4 Å². The zero-order valence-electron chi connectivity index (χ0n) is 13.1. The molecule has 4 nitrogen and oxygen atoms in total. The van der Waals surface area contributed by atoms with E-state index in [1.807, 2.05) is 12.2 Å². The highest BCUT2D eigenvalue weighted by molar-refractivity contribution is 4.94. The molecule has 1 aliphatic heterocycles. The van der Waals surface area contributed by atoms with Crippen LogP contribution in [0.25, 0.3) is 0 Å². The van der Waals surface area contributed by atoms with Gasteiger partial charge in [-0.2, -0.15) is 4.89 Å². The molecule has 0 aromatic heterocycles. The lowest BCUT2D eigenvalue weighted by Gasteiger charge is -2.38. The average molecular weight is 284 g/mol. The van der Waals surface area contributed by atoms with Crippen LogP contribution in [0.3, 0.4) is 0 Å². The van der Waals surface area contributed by atoms with Crippen molar-refractivity contribution in [3.8, 4) is 0 Å². The van der Waals surface area contributed by atoms with Gasteiger partial charge in [0.25, 0.3) is 0 Å². The highest BCUT2D eigenvalue weighted by atomic mass is 17.2. The third kappa shape index (κ3) is 4.29. The summed E-state index contributed by atoms with van der Waals surface area (Å²) in [5, 5.41) is 0. The predicted octanol–water partition coefficient (Wildman–Crippen LogP) is 3.32. The molecule has 0 spiro atoms. The van der Waals surface area contributed by atoms with Crippen molar-refractivity contribution in [2.24, 2.45) is 17.8 Å². The van der Waals surface area contributed by atoms with Crippen LogP contribution in [-0.4, -0.2) is 32.2 Å². The van der Waals surface area contributed by atoms with E-state index >= 15 is 0 Å². The van der Waals surface area contributed by atoms with Crippen molar-refractivity contribution in [2.75, 3.05) is 13.7 Å². The van der Waals surface area contributed by atoms with Crippen molar-refractivity contribution < 1.29 is 19.2 Å². The summed E-state index contributed by atoms with van der Waals surface area (Å²) in [6.07, 6.45) is 7.28. The second-order valence-electron chi connectivity index (χ2n) is 6.44. The molecule has 1 aliphatic carbocycles. The molecule has 2 rings (SSSR count). The van der Waals surface area contributed by atoms with E-state index < -0.39 is 0 Å². The van der Waals surface area contributed by atoms with Crippen LogP contribution in [0.15, 0.2) is 12.2 Å². The minimum atomic E-state index is -0.389. The van der Waals surface area contributed by atoms with Crippen LogP contribution >= 0.6 is 0 Å². The molecule has 0 saturated heterocycles. The van der Waals surface area contributed by atoms with E-state index in [2.05, 4.69) is 20.8 Å². The van der Waals surface area contributed by atoms with E-state index in [1.165, 1.54) is 12.8 Å². The van der Waals surface area contributed by atoms with Gasteiger partial charge in [-0.1, -0.05) is 27.2 Å². The number of hydrogen-bond donors (Lipinski definition) is 0. The quantitative estimate of drug-likeness (QED) is 0.573. The van der Waals surface area contributed by atoms with Crippen LogP contribution in [-0.2, 0) is 19.2 Å². The minimum absolute atomic E-state index is 0.133. The Hall–Kier alpha value is -0.420. The first-order valence-electron chi connectivity index (χ1n) is 7.75. The molecule has 1 heterocycles. The molecular weight excluding hydrogens is 256 g/mol. The van der Waals surface area contributed by atoms with Crippen LogP contribution in [0.5, 0.6) is 0 Å². The number of methoxy groups -OCH3 is 1. The number of hydrogen-bond acceptors (Lipinski definition) is 4. The fourth-order valence-electron chi connectivity index (χ4n) is 3.16. The lowest BCUT2D eigenvalue weighted by molar-refractivity contribution is -0.397. The molecule has 1 fully saturated rings. The van der Waals surface area contributed by atoms with Crippen LogP contribution in [0.1, 0.15) is 40.0 Å². The maximum Gasteiger partial charge on any atom is 0.210 e. The summed E-state index contributed by atoms with van der Waals surface area (Å²) < 4.78 is 11.2. The SMILES string of the molecule is COCC1C=CC(O[C@@H]2C[C@H](C)CC[C@H]2C(C)C)OO1. The van der Waals surface area contributed by atoms with E-state index in [9.17, 15) is 0 Å². The number of ether oxygens (including phenoxy) is 2. The molecule has 4 heteroatoms. The van der Waals surface area contributed by atoms with Gasteiger partial charge in [0.15, 0.2) is 0 Å². The average Bonchev–Trinajstić information content (AvgIpc) is 2.41. The van der Waals surface area contributed by atoms with Gasteiger partial charge in [0.2, 0.25) is 6.29 Å².